The summed E-state index contributed by atoms with van der Waals surface area (Å²) in [5.41, 5.74) is 1.17. The molecule has 0 aliphatic heterocycles. The van der Waals surface area contributed by atoms with Crippen LogP contribution >= 0.6 is 0 Å². The van der Waals surface area contributed by atoms with Crippen LogP contribution < -0.4 is 4.74 Å². The highest BCUT2D eigenvalue weighted by molar-refractivity contribution is 5.67. The van der Waals surface area contributed by atoms with E-state index >= 15 is 0 Å². The van der Waals surface area contributed by atoms with Crippen LogP contribution in [-0.2, 0) is 0 Å². The highest BCUT2D eigenvalue weighted by Gasteiger charge is 2.17. The third-order valence-corrected chi connectivity index (χ3v) is 2.91. The van der Waals surface area contributed by atoms with Crippen LogP contribution in [-0.4, -0.2) is 26.4 Å². The van der Waals surface area contributed by atoms with Crippen LogP contribution in [0.4, 0.5) is 5.69 Å². The lowest BCUT2D eigenvalue weighted by Crippen LogP contribution is -1.94. The van der Waals surface area contributed by atoms with Crippen LogP contribution in [0.25, 0.3) is 17.0 Å². The molecule has 0 spiro atoms. The molecule has 2 aromatic heterocycles. The van der Waals surface area contributed by atoms with Crippen molar-refractivity contribution in [3.05, 3.63) is 53.0 Å². The van der Waals surface area contributed by atoms with Gasteiger partial charge in [-0.25, -0.2) is 9.97 Å². The van der Waals surface area contributed by atoms with E-state index in [9.17, 15) is 10.1 Å². The Morgan fingerprint density at radius 2 is 2.25 bits per heavy atom. The van der Waals surface area contributed by atoms with Gasteiger partial charge in [0.2, 0.25) is 5.78 Å². The van der Waals surface area contributed by atoms with E-state index in [2.05, 4.69) is 9.97 Å². The van der Waals surface area contributed by atoms with Gasteiger partial charge in [-0.05, 0) is 18.2 Å². The van der Waals surface area contributed by atoms with E-state index in [0.29, 0.717) is 17.0 Å². The largest absolute Gasteiger partial charge is 0.490 e. The summed E-state index contributed by atoms with van der Waals surface area (Å²) in [7, 11) is 1.40. The Morgan fingerprint density at radius 1 is 1.40 bits per heavy atom. The third-order valence-electron chi connectivity index (χ3n) is 2.91. The smallest absolute Gasteiger partial charge is 0.311 e. The molecule has 0 fully saturated rings. The summed E-state index contributed by atoms with van der Waals surface area (Å²) in [5.74, 6) is 0.765. The van der Waals surface area contributed by atoms with E-state index in [1.165, 1.54) is 13.2 Å². The Balaban J connectivity index is 2.14. The minimum Gasteiger partial charge on any atom is -0.490 e. The molecular weight excluding hydrogens is 260 g/mol. The van der Waals surface area contributed by atoms with Gasteiger partial charge in [0.25, 0.3) is 0 Å². The molecule has 0 unspecified atom stereocenters. The molecule has 3 rings (SSSR count). The van der Waals surface area contributed by atoms with Crippen LogP contribution in [0.1, 0.15) is 0 Å². The Labute approximate surface area is 113 Å². The maximum Gasteiger partial charge on any atom is 0.311 e. The number of nitro benzene ring substituents is 1. The van der Waals surface area contributed by atoms with Crippen molar-refractivity contribution in [2.75, 3.05) is 7.11 Å². The molecule has 0 saturated carbocycles. The summed E-state index contributed by atoms with van der Waals surface area (Å²) < 4.78 is 6.73. The van der Waals surface area contributed by atoms with Crippen molar-refractivity contribution in [2.24, 2.45) is 0 Å². The molecule has 100 valence electrons. The molecule has 2 heterocycles. The molecule has 0 aliphatic rings. The van der Waals surface area contributed by atoms with Crippen LogP contribution in [0.15, 0.2) is 42.9 Å². The highest BCUT2D eigenvalue weighted by atomic mass is 16.6. The number of methoxy groups -OCH3 is 1. The minimum absolute atomic E-state index is 0.0879. The lowest BCUT2D eigenvalue weighted by molar-refractivity contribution is -0.385. The number of ether oxygens (including phenoxy) is 1. The number of nitrogens with zero attached hydrogens (tertiary/aromatic N) is 4. The fourth-order valence-electron chi connectivity index (χ4n) is 1.96. The van der Waals surface area contributed by atoms with Gasteiger partial charge in [0.05, 0.1) is 17.7 Å². The van der Waals surface area contributed by atoms with E-state index in [4.69, 9.17) is 4.74 Å². The molecule has 0 amide bonds. The van der Waals surface area contributed by atoms with E-state index in [1.807, 2.05) is 6.20 Å². The molecule has 20 heavy (non-hydrogen) atoms. The summed E-state index contributed by atoms with van der Waals surface area (Å²) >= 11 is 0. The molecule has 0 saturated heterocycles. The standard InChI is InChI=1S/C13H10N4O3/c1-20-12-4-3-9(7-11(12)17(18)19)10-8-16-6-2-5-14-13(16)15-10/h2-8H,1H3. The first-order valence-corrected chi connectivity index (χ1v) is 5.81. The zero-order valence-corrected chi connectivity index (χ0v) is 10.6. The zero-order chi connectivity index (χ0) is 14.1. The van der Waals surface area contributed by atoms with Crippen molar-refractivity contribution in [3.8, 4) is 17.0 Å². The number of rotatable bonds is 3. The number of imidazole rings is 1. The van der Waals surface area contributed by atoms with E-state index in [1.54, 1.807) is 35.0 Å². The predicted octanol–water partition coefficient (Wildman–Crippen LogP) is 2.31. The molecular formula is C13H10N4O3. The Bertz CT molecular complexity index is 764. The summed E-state index contributed by atoms with van der Waals surface area (Å²) in [6, 6.07) is 6.52. The van der Waals surface area contributed by atoms with Gasteiger partial charge in [-0.3, -0.25) is 14.5 Å². The second-order valence-electron chi connectivity index (χ2n) is 4.10. The highest BCUT2D eigenvalue weighted by Crippen LogP contribution is 2.31. The summed E-state index contributed by atoms with van der Waals surface area (Å²) in [6.45, 7) is 0. The zero-order valence-electron chi connectivity index (χ0n) is 10.6. The van der Waals surface area contributed by atoms with Crippen molar-refractivity contribution in [3.63, 3.8) is 0 Å². The summed E-state index contributed by atoms with van der Waals surface area (Å²) in [5, 5.41) is 11.0. The number of hydrogen-bond acceptors (Lipinski definition) is 5. The average molecular weight is 270 g/mol. The van der Waals surface area contributed by atoms with Gasteiger partial charge in [0, 0.05) is 30.2 Å². The normalized spacial score (nSPS) is 10.7. The molecule has 1 aromatic carbocycles. The van der Waals surface area contributed by atoms with Gasteiger partial charge in [-0.15, -0.1) is 0 Å². The van der Waals surface area contributed by atoms with Crippen LogP contribution in [0.5, 0.6) is 5.75 Å². The van der Waals surface area contributed by atoms with Gasteiger partial charge in [-0.1, -0.05) is 0 Å². The number of aromatic nitrogens is 3. The maximum absolute atomic E-state index is 11.0. The SMILES string of the molecule is COc1ccc(-c2cn3cccnc3n2)cc1[N+](=O)[O-]. The van der Waals surface area contributed by atoms with Gasteiger partial charge in [0.15, 0.2) is 5.75 Å². The molecule has 3 aromatic rings. The molecule has 7 heteroatoms. The number of hydrogen-bond donors (Lipinski definition) is 0. The second-order valence-corrected chi connectivity index (χ2v) is 4.10. The van der Waals surface area contributed by atoms with E-state index in [-0.39, 0.29) is 11.4 Å². The van der Waals surface area contributed by atoms with Crippen LogP contribution in [0, 0.1) is 10.1 Å². The third kappa shape index (κ3) is 1.95. The number of nitro groups is 1. The molecule has 0 radical (unpaired) electrons. The van der Waals surface area contributed by atoms with Crippen molar-refractivity contribution in [1.29, 1.82) is 0 Å². The van der Waals surface area contributed by atoms with Crippen molar-refractivity contribution < 1.29 is 9.66 Å². The van der Waals surface area contributed by atoms with Crippen molar-refractivity contribution in [1.82, 2.24) is 14.4 Å². The van der Waals surface area contributed by atoms with Gasteiger partial charge in [0.1, 0.15) is 0 Å². The fraction of sp³-hybridized carbons (Fsp3) is 0.0769. The Morgan fingerprint density at radius 3 is 2.95 bits per heavy atom. The maximum atomic E-state index is 11.0. The van der Waals surface area contributed by atoms with Gasteiger partial charge in [-0.2, -0.15) is 0 Å². The van der Waals surface area contributed by atoms with Gasteiger partial charge >= 0.3 is 5.69 Å². The van der Waals surface area contributed by atoms with Crippen molar-refractivity contribution >= 4 is 11.5 Å². The second kappa shape index (κ2) is 4.61. The summed E-state index contributed by atoms with van der Waals surface area (Å²) in [4.78, 5) is 19.0. The average Bonchev–Trinajstić information content (AvgIpc) is 2.90. The lowest BCUT2D eigenvalue weighted by atomic mass is 10.1. The van der Waals surface area contributed by atoms with Crippen molar-refractivity contribution in [2.45, 2.75) is 0 Å². The first-order valence-electron chi connectivity index (χ1n) is 5.81. The molecule has 7 nitrogen and oxygen atoms in total. The summed E-state index contributed by atoms with van der Waals surface area (Å²) in [6.07, 6.45) is 5.23. The predicted molar refractivity (Wildman–Crippen MR) is 71.6 cm³/mol. The first-order chi connectivity index (χ1) is 9.69. The lowest BCUT2D eigenvalue weighted by Gasteiger charge is -2.02. The number of benzene rings is 1. The molecule has 0 atom stereocenters. The molecule has 0 bridgehead atoms. The Kier molecular flexibility index (Phi) is 2.79. The molecule has 0 aliphatic carbocycles. The molecule has 0 N–H and O–H groups in total. The monoisotopic (exact) mass is 270 g/mol. The van der Waals surface area contributed by atoms with E-state index in [0.717, 1.165) is 0 Å². The van der Waals surface area contributed by atoms with E-state index < -0.39 is 4.92 Å². The van der Waals surface area contributed by atoms with Crippen LogP contribution in [0.3, 0.4) is 0 Å². The topological polar surface area (TPSA) is 82.6 Å². The first kappa shape index (κ1) is 12.1. The minimum atomic E-state index is -0.476. The van der Waals surface area contributed by atoms with Gasteiger partial charge < -0.3 is 4.74 Å². The fourth-order valence-corrected chi connectivity index (χ4v) is 1.96. The Hall–Kier alpha value is -2.96. The quantitative estimate of drug-likeness (QED) is 0.538. The number of fused-ring (bicyclic) bond motifs is 1. The van der Waals surface area contributed by atoms with Crippen LogP contribution in [0.2, 0.25) is 0 Å².